The maximum atomic E-state index is 12.0. The van der Waals surface area contributed by atoms with Gasteiger partial charge >= 0.3 is 11.9 Å². The van der Waals surface area contributed by atoms with Crippen molar-refractivity contribution in [2.75, 3.05) is 13.2 Å². The fourth-order valence-electron chi connectivity index (χ4n) is 1.50. The molecule has 0 heterocycles. The van der Waals surface area contributed by atoms with E-state index in [2.05, 4.69) is 0 Å². The normalized spacial score (nSPS) is 12.4. The van der Waals surface area contributed by atoms with Gasteiger partial charge in [-0.3, -0.25) is 0 Å². The molecule has 0 rings (SSSR count). The minimum absolute atomic E-state index is 0.272. The highest BCUT2D eigenvalue weighted by Crippen LogP contribution is 2.15. The Bertz CT molecular complexity index is 353. The molecule has 0 aliphatic carbocycles. The van der Waals surface area contributed by atoms with E-state index in [0.29, 0.717) is 30.8 Å². The van der Waals surface area contributed by atoms with Gasteiger partial charge in [0, 0.05) is 11.1 Å². The molecule has 0 aliphatic rings. The Balaban J connectivity index is 4.86. The van der Waals surface area contributed by atoms with Gasteiger partial charge in [0.25, 0.3) is 0 Å². The molecule has 0 aromatic carbocycles. The number of ether oxygens (including phenoxy) is 2. The van der Waals surface area contributed by atoms with Crippen LogP contribution in [0.2, 0.25) is 0 Å². The first-order valence-electron chi connectivity index (χ1n) is 7.33. The predicted molar refractivity (Wildman–Crippen MR) is 79.2 cm³/mol. The first kappa shape index (κ1) is 18.7. The van der Waals surface area contributed by atoms with E-state index in [0.717, 1.165) is 6.42 Å². The van der Waals surface area contributed by atoms with E-state index in [1.807, 2.05) is 34.6 Å². The highest BCUT2D eigenvalue weighted by molar-refractivity contribution is 5.99. The Labute approximate surface area is 122 Å². The predicted octanol–water partition coefficient (Wildman–Crippen LogP) is 3.50. The Morgan fingerprint density at radius 3 is 1.75 bits per heavy atom. The molecule has 116 valence electrons. The quantitative estimate of drug-likeness (QED) is 0.505. The molecule has 0 radical (unpaired) electrons. The van der Waals surface area contributed by atoms with Crippen molar-refractivity contribution in [2.24, 2.45) is 11.8 Å². The molecule has 20 heavy (non-hydrogen) atoms. The minimum Gasteiger partial charge on any atom is -0.462 e. The van der Waals surface area contributed by atoms with Crippen LogP contribution in [0.1, 0.15) is 54.4 Å². The zero-order chi connectivity index (χ0) is 15.7. The average Bonchev–Trinajstić information content (AvgIpc) is 2.38. The molecule has 0 amide bonds. The molecule has 4 nitrogen and oxygen atoms in total. The number of esters is 2. The summed E-state index contributed by atoms with van der Waals surface area (Å²) in [5, 5.41) is 0. The van der Waals surface area contributed by atoms with Crippen LogP contribution in [0.15, 0.2) is 11.1 Å². The third-order valence-corrected chi connectivity index (χ3v) is 2.60. The van der Waals surface area contributed by atoms with Crippen LogP contribution in [0.5, 0.6) is 0 Å². The summed E-state index contributed by atoms with van der Waals surface area (Å²) in [5.41, 5.74) is 0.795. The summed E-state index contributed by atoms with van der Waals surface area (Å²) in [4.78, 5) is 24.0. The van der Waals surface area contributed by atoms with Crippen LogP contribution in [0, 0.1) is 11.8 Å². The number of rotatable bonds is 8. The molecule has 0 saturated carbocycles. The van der Waals surface area contributed by atoms with Crippen molar-refractivity contribution < 1.29 is 19.1 Å². The molecule has 0 atom stereocenters. The smallest absolute Gasteiger partial charge is 0.334 e. The zero-order valence-electron chi connectivity index (χ0n) is 13.6. The van der Waals surface area contributed by atoms with E-state index in [4.69, 9.17) is 9.47 Å². The van der Waals surface area contributed by atoms with Gasteiger partial charge in [0.05, 0.1) is 13.2 Å². The largest absolute Gasteiger partial charge is 0.462 e. The van der Waals surface area contributed by atoms with Gasteiger partial charge in [0.2, 0.25) is 0 Å². The fourth-order valence-corrected chi connectivity index (χ4v) is 1.50. The lowest BCUT2D eigenvalue weighted by atomic mass is 10.0. The second-order valence-corrected chi connectivity index (χ2v) is 5.84. The van der Waals surface area contributed by atoms with Crippen molar-refractivity contribution in [1.82, 2.24) is 0 Å². The monoisotopic (exact) mass is 284 g/mol. The Kier molecular flexibility index (Phi) is 8.93. The zero-order valence-corrected chi connectivity index (χ0v) is 13.6. The third kappa shape index (κ3) is 7.31. The molecule has 0 bridgehead atoms. The van der Waals surface area contributed by atoms with Crippen molar-refractivity contribution in [3.05, 3.63) is 11.1 Å². The molecular weight excluding hydrogens is 256 g/mol. The Hall–Kier alpha value is -1.32. The number of hydrogen-bond acceptors (Lipinski definition) is 4. The lowest BCUT2D eigenvalue weighted by Crippen LogP contribution is -2.18. The van der Waals surface area contributed by atoms with Crippen LogP contribution >= 0.6 is 0 Å². The molecule has 0 unspecified atom stereocenters. The highest BCUT2D eigenvalue weighted by atomic mass is 16.5. The van der Waals surface area contributed by atoms with Gasteiger partial charge in [-0.1, -0.05) is 41.0 Å². The van der Waals surface area contributed by atoms with E-state index < -0.39 is 11.9 Å². The van der Waals surface area contributed by atoms with Crippen LogP contribution < -0.4 is 0 Å². The molecule has 0 aromatic rings. The molecule has 0 N–H and O–H groups in total. The van der Waals surface area contributed by atoms with Crippen LogP contribution in [-0.4, -0.2) is 25.2 Å². The first-order chi connectivity index (χ1) is 9.29. The highest BCUT2D eigenvalue weighted by Gasteiger charge is 2.19. The average molecular weight is 284 g/mol. The van der Waals surface area contributed by atoms with E-state index in [-0.39, 0.29) is 11.8 Å². The minimum atomic E-state index is -0.427. The lowest BCUT2D eigenvalue weighted by Gasteiger charge is -2.13. The van der Waals surface area contributed by atoms with Gasteiger partial charge < -0.3 is 9.47 Å². The molecule has 0 aliphatic heterocycles. The van der Waals surface area contributed by atoms with Crippen LogP contribution in [-0.2, 0) is 19.1 Å². The fraction of sp³-hybridized carbons (Fsp3) is 0.750. The second-order valence-electron chi connectivity index (χ2n) is 5.84. The standard InChI is InChI=1S/C16H28O4/c1-7-8-14(16(18)20-10-12(4)5)13(6)15(17)19-9-11(2)3/h11-12H,7-10H2,1-6H3. The topological polar surface area (TPSA) is 52.6 Å². The van der Waals surface area contributed by atoms with Crippen molar-refractivity contribution >= 4 is 11.9 Å². The third-order valence-electron chi connectivity index (χ3n) is 2.60. The van der Waals surface area contributed by atoms with E-state index in [1.54, 1.807) is 6.92 Å². The van der Waals surface area contributed by atoms with Crippen LogP contribution in [0.4, 0.5) is 0 Å². The SMILES string of the molecule is CCCC(C(=O)OCC(C)C)=C(C)C(=O)OCC(C)C. The first-order valence-corrected chi connectivity index (χ1v) is 7.33. The molecule has 0 saturated heterocycles. The van der Waals surface area contributed by atoms with Crippen LogP contribution in [0.25, 0.3) is 0 Å². The number of hydrogen-bond donors (Lipinski definition) is 0. The van der Waals surface area contributed by atoms with Gasteiger partial charge in [-0.15, -0.1) is 0 Å². The van der Waals surface area contributed by atoms with Gasteiger partial charge in [-0.25, -0.2) is 9.59 Å². The van der Waals surface area contributed by atoms with E-state index in [1.165, 1.54) is 0 Å². The summed E-state index contributed by atoms with van der Waals surface area (Å²) in [7, 11) is 0. The number of carbonyl (C=O) groups excluding carboxylic acids is 2. The molecule has 0 spiro atoms. The summed E-state index contributed by atoms with van der Waals surface area (Å²) < 4.78 is 10.4. The van der Waals surface area contributed by atoms with Gasteiger partial charge in [-0.05, 0) is 25.2 Å². The van der Waals surface area contributed by atoms with Crippen molar-refractivity contribution in [3.63, 3.8) is 0 Å². The van der Waals surface area contributed by atoms with Crippen LogP contribution in [0.3, 0.4) is 0 Å². The maximum Gasteiger partial charge on any atom is 0.334 e. The summed E-state index contributed by atoms with van der Waals surface area (Å²) >= 11 is 0. The summed E-state index contributed by atoms with van der Waals surface area (Å²) in [5.74, 6) is -0.285. The van der Waals surface area contributed by atoms with Gasteiger partial charge in [0.15, 0.2) is 0 Å². The van der Waals surface area contributed by atoms with Crippen molar-refractivity contribution in [1.29, 1.82) is 0 Å². The van der Waals surface area contributed by atoms with E-state index in [9.17, 15) is 9.59 Å². The van der Waals surface area contributed by atoms with Gasteiger partial charge in [0.1, 0.15) is 0 Å². The molecular formula is C16H28O4. The number of carbonyl (C=O) groups is 2. The molecule has 0 fully saturated rings. The summed E-state index contributed by atoms with van der Waals surface area (Å²) in [6.07, 6.45) is 1.31. The lowest BCUT2D eigenvalue weighted by molar-refractivity contribution is -0.143. The Morgan fingerprint density at radius 2 is 1.35 bits per heavy atom. The van der Waals surface area contributed by atoms with Crippen molar-refractivity contribution in [3.8, 4) is 0 Å². The molecule has 4 heteroatoms. The summed E-state index contributed by atoms with van der Waals surface area (Å²) in [6.45, 7) is 12.2. The Morgan fingerprint density at radius 1 is 0.900 bits per heavy atom. The van der Waals surface area contributed by atoms with Gasteiger partial charge in [-0.2, -0.15) is 0 Å². The maximum absolute atomic E-state index is 12.0. The summed E-state index contributed by atoms with van der Waals surface area (Å²) in [6, 6.07) is 0. The van der Waals surface area contributed by atoms with E-state index >= 15 is 0 Å². The van der Waals surface area contributed by atoms with Crippen molar-refractivity contribution in [2.45, 2.75) is 54.4 Å². The molecule has 0 aromatic heterocycles. The second kappa shape index (κ2) is 9.56.